The summed E-state index contributed by atoms with van der Waals surface area (Å²) in [6.45, 7) is 0. The highest BCUT2D eigenvalue weighted by Crippen LogP contribution is 2.22. The molecule has 10 heteroatoms. The number of imidazole rings is 1. The number of hydrogen-bond acceptors (Lipinski definition) is 6. The summed E-state index contributed by atoms with van der Waals surface area (Å²) in [6.07, 6.45) is 3.38. The zero-order valence-corrected chi connectivity index (χ0v) is 16.7. The maximum atomic E-state index is 13.0. The average molecular weight is 430 g/mol. The number of amides is 2. The van der Waals surface area contributed by atoms with Gasteiger partial charge in [-0.2, -0.15) is 0 Å². The summed E-state index contributed by atoms with van der Waals surface area (Å²) in [6, 6.07) is 13.4. The lowest BCUT2D eigenvalue weighted by atomic mass is 10.0. The first-order valence-corrected chi connectivity index (χ1v) is 9.65. The van der Waals surface area contributed by atoms with Gasteiger partial charge < -0.3 is 16.0 Å². The molecule has 2 heterocycles. The lowest BCUT2D eigenvalue weighted by molar-refractivity contribution is -0.384. The lowest BCUT2D eigenvalue weighted by Gasteiger charge is -2.16. The van der Waals surface area contributed by atoms with E-state index < -0.39 is 22.8 Å². The molecule has 0 fully saturated rings. The van der Waals surface area contributed by atoms with Gasteiger partial charge in [-0.1, -0.05) is 18.2 Å². The van der Waals surface area contributed by atoms with Crippen molar-refractivity contribution in [1.82, 2.24) is 20.3 Å². The number of H-pyrrole nitrogens is 1. The number of aromatic nitrogens is 3. The first-order valence-electron chi connectivity index (χ1n) is 9.65. The van der Waals surface area contributed by atoms with E-state index in [-0.39, 0.29) is 17.7 Å². The van der Waals surface area contributed by atoms with Gasteiger partial charge in [0.05, 0.1) is 16.0 Å². The molecule has 0 radical (unpaired) electrons. The molecule has 4 aromatic rings. The van der Waals surface area contributed by atoms with E-state index in [9.17, 15) is 19.7 Å². The molecule has 0 spiro atoms. The van der Waals surface area contributed by atoms with Gasteiger partial charge in [-0.25, -0.2) is 4.98 Å². The number of rotatable bonds is 7. The number of carbonyl (C=O) groups excluding carboxylic acids is 2. The van der Waals surface area contributed by atoms with Gasteiger partial charge in [-0.05, 0) is 29.8 Å². The number of primary amides is 1. The van der Waals surface area contributed by atoms with Crippen molar-refractivity contribution in [3.63, 3.8) is 0 Å². The Hall–Kier alpha value is -4.60. The Morgan fingerprint density at radius 1 is 1.09 bits per heavy atom. The number of nitrogens with one attached hydrogen (secondary N) is 2. The van der Waals surface area contributed by atoms with E-state index in [0.29, 0.717) is 22.4 Å². The Morgan fingerprint density at radius 2 is 1.81 bits per heavy atom. The Bertz CT molecular complexity index is 1300. The fraction of sp³-hybridized carbons (Fsp3) is 0.0909. The van der Waals surface area contributed by atoms with Crippen LogP contribution in [-0.2, 0) is 11.2 Å². The minimum absolute atomic E-state index is 0.0661. The van der Waals surface area contributed by atoms with E-state index >= 15 is 0 Å². The van der Waals surface area contributed by atoms with Crippen molar-refractivity contribution in [2.75, 3.05) is 0 Å². The average Bonchev–Trinajstić information content (AvgIpc) is 3.24. The molecule has 0 aliphatic carbocycles. The summed E-state index contributed by atoms with van der Waals surface area (Å²) in [7, 11) is 0. The number of aromatic amines is 1. The second-order valence-electron chi connectivity index (χ2n) is 7.08. The highest BCUT2D eigenvalue weighted by Gasteiger charge is 2.22. The largest absolute Gasteiger partial charge is 0.368 e. The highest BCUT2D eigenvalue weighted by atomic mass is 16.6. The van der Waals surface area contributed by atoms with E-state index in [1.165, 1.54) is 24.3 Å². The second kappa shape index (κ2) is 8.64. The molecular weight excluding hydrogens is 412 g/mol. The zero-order valence-electron chi connectivity index (χ0n) is 16.7. The number of para-hydroxylation sites is 1. The molecule has 0 bridgehead atoms. The molecule has 2 aromatic carbocycles. The first-order chi connectivity index (χ1) is 15.4. The molecular formula is C22H18N6O4. The fourth-order valence-corrected chi connectivity index (χ4v) is 3.31. The first kappa shape index (κ1) is 20.7. The minimum Gasteiger partial charge on any atom is -0.368 e. The van der Waals surface area contributed by atoms with E-state index in [1.807, 2.05) is 0 Å². The van der Waals surface area contributed by atoms with Crippen molar-refractivity contribution in [1.29, 1.82) is 0 Å². The van der Waals surface area contributed by atoms with E-state index in [1.54, 1.807) is 42.7 Å². The number of pyridine rings is 1. The number of hydrogen-bond donors (Lipinski definition) is 3. The quantitative estimate of drug-likeness (QED) is 0.302. The van der Waals surface area contributed by atoms with Crippen molar-refractivity contribution in [3.05, 3.63) is 88.2 Å². The number of nitro groups is 1. The normalized spacial score (nSPS) is 11.8. The van der Waals surface area contributed by atoms with Gasteiger partial charge in [0.2, 0.25) is 5.91 Å². The predicted octanol–water partition coefficient (Wildman–Crippen LogP) is 2.36. The van der Waals surface area contributed by atoms with Crippen LogP contribution in [0.3, 0.4) is 0 Å². The van der Waals surface area contributed by atoms with Crippen molar-refractivity contribution in [3.8, 4) is 11.4 Å². The standard InChI is InChI=1S/C22H18N6O4/c23-20(29)18(12-13-4-6-15(7-5-13)28(31)32)26-22(30)16-2-1-3-17-19(16)27-21(25-17)14-8-10-24-11-9-14/h1-11,18H,12H2,(H2,23,29)(H,25,27)(H,26,30)/t18-/m1/s1. The highest BCUT2D eigenvalue weighted by molar-refractivity contribution is 6.06. The number of nitrogens with two attached hydrogens (primary N) is 1. The number of benzene rings is 2. The summed E-state index contributed by atoms with van der Waals surface area (Å²) in [4.78, 5) is 46.9. The number of non-ortho nitro benzene ring substituents is 1. The molecule has 1 atom stereocenters. The molecule has 10 nitrogen and oxygen atoms in total. The van der Waals surface area contributed by atoms with Gasteiger partial charge in [0, 0.05) is 36.5 Å². The molecule has 4 rings (SSSR count). The van der Waals surface area contributed by atoms with Crippen LogP contribution in [0, 0.1) is 10.1 Å². The Morgan fingerprint density at radius 3 is 2.47 bits per heavy atom. The van der Waals surface area contributed by atoms with Crippen LogP contribution in [0.15, 0.2) is 67.0 Å². The molecule has 32 heavy (non-hydrogen) atoms. The molecule has 160 valence electrons. The number of nitro benzene ring substituents is 1. The van der Waals surface area contributed by atoms with E-state index in [4.69, 9.17) is 5.73 Å². The van der Waals surface area contributed by atoms with Crippen LogP contribution in [0.4, 0.5) is 5.69 Å². The van der Waals surface area contributed by atoms with Crippen LogP contribution in [0.25, 0.3) is 22.4 Å². The van der Waals surface area contributed by atoms with Crippen molar-refractivity contribution in [2.24, 2.45) is 5.73 Å². The van der Waals surface area contributed by atoms with Gasteiger partial charge in [-0.3, -0.25) is 24.7 Å². The SMILES string of the molecule is NC(=O)[C@@H](Cc1ccc([N+](=O)[O-])cc1)NC(=O)c1cccc2[nH]c(-c3ccncc3)nc12. The van der Waals surface area contributed by atoms with Crippen molar-refractivity contribution < 1.29 is 14.5 Å². The lowest BCUT2D eigenvalue weighted by Crippen LogP contribution is -2.45. The molecule has 2 aromatic heterocycles. The van der Waals surface area contributed by atoms with Crippen LogP contribution in [0.1, 0.15) is 15.9 Å². The third-order valence-corrected chi connectivity index (χ3v) is 4.95. The Labute approximate surface area is 181 Å². The van der Waals surface area contributed by atoms with Crippen LogP contribution >= 0.6 is 0 Å². The van der Waals surface area contributed by atoms with E-state index in [2.05, 4.69) is 20.3 Å². The van der Waals surface area contributed by atoms with Gasteiger partial charge >= 0.3 is 0 Å². The Balaban J connectivity index is 1.58. The van der Waals surface area contributed by atoms with Crippen molar-refractivity contribution in [2.45, 2.75) is 12.5 Å². The third kappa shape index (κ3) is 4.29. The summed E-state index contributed by atoms with van der Waals surface area (Å²) in [5.41, 5.74) is 8.27. The third-order valence-electron chi connectivity index (χ3n) is 4.95. The van der Waals surface area contributed by atoms with Crippen LogP contribution in [0.5, 0.6) is 0 Å². The van der Waals surface area contributed by atoms with Crippen LogP contribution in [0.2, 0.25) is 0 Å². The van der Waals surface area contributed by atoms with Gasteiger partial charge in [-0.15, -0.1) is 0 Å². The predicted molar refractivity (Wildman–Crippen MR) is 117 cm³/mol. The molecule has 0 aliphatic heterocycles. The summed E-state index contributed by atoms with van der Waals surface area (Å²) in [5.74, 6) is -0.641. The molecule has 0 unspecified atom stereocenters. The molecule has 0 saturated carbocycles. The summed E-state index contributed by atoms with van der Waals surface area (Å²) < 4.78 is 0. The van der Waals surface area contributed by atoms with Gasteiger partial charge in [0.15, 0.2) is 0 Å². The molecule has 0 aliphatic rings. The number of carbonyl (C=O) groups is 2. The van der Waals surface area contributed by atoms with E-state index in [0.717, 1.165) is 5.56 Å². The molecule has 4 N–H and O–H groups in total. The smallest absolute Gasteiger partial charge is 0.269 e. The summed E-state index contributed by atoms with van der Waals surface area (Å²) >= 11 is 0. The number of fused-ring (bicyclic) bond motifs is 1. The molecule has 2 amide bonds. The fourth-order valence-electron chi connectivity index (χ4n) is 3.31. The Kier molecular flexibility index (Phi) is 5.58. The minimum atomic E-state index is -1.00. The topological polar surface area (TPSA) is 157 Å². The van der Waals surface area contributed by atoms with Crippen molar-refractivity contribution >= 4 is 28.5 Å². The molecule has 0 saturated heterocycles. The van der Waals surface area contributed by atoms with Gasteiger partial charge in [0.25, 0.3) is 11.6 Å². The van der Waals surface area contributed by atoms with Crippen LogP contribution < -0.4 is 11.1 Å². The number of nitrogens with zero attached hydrogens (tertiary/aromatic N) is 3. The summed E-state index contributed by atoms with van der Waals surface area (Å²) in [5, 5.41) is 13.5. The van der Waals surface area contributed by atoms with Crippen LogP contribution in [-0.4, -0.2) is 37.7 Å². The monoisotopic (exact) mass is 430 g/mol. The second-order valence-corrected chi connectivity index (χ2v) is 7.08. The van der Waals surface area contributed by atoms with Gasteiger partial charge in [0.1, 0.15) is 17.4 Å². The maximum Gasteiger partial charge on any atom is 0.269 e. The zero-order chi connectivity index (χ0) is 22.7. The maximum absolute atomic E-state index is 13.0.